The van der Waals surface area contributed by atoms with Crippen LogP contribution in [0.4, 0.5) is 5.69 Å². The highest BCUT2D eigenvalue weighted by Gasteiger charge is 2.07. The molecule has 94 valence electrons. The Hall–Kier alpha value is -1.23. The van der Waals surface area contributed by atoms with Crippen molar-refractivity contribution in [1.29, 1.82) is 0 Å². The Balaban J connectivity index is 2.62. The van der Waals surface area contributed by atoms with E-state index in [0.717, 1.165) is 17.2 Å². The number of anilines is 1. The van der Waals surface area contributed by atoms with E-state index in [2.05, 4.69) is 29.5 Å². The number of thioether (sulfide) groups is 1. The molecule has 1 atom stereocenters. The molecule has 0 aliphatic heterocycles. The molecule has 0 saturated heterocycles. The van der Waals surface area contributed by atoms with Crippen molar-refractivity contribution in [3.05, 3.63) is 24.0 Å². The van der Waals surface area contributed by atoms with Gasteiger partial charge in [0.15, 0.2) is 0 Å². The van der Waals surface area contributed by atoms with Crippen molar-refractivity contribution in [3.63, 3.8) is 0 Å². The van der Waals surface area contributed by atoms with Crippen molar-refractivity contribution < 1.29 is 4.79 Å². The number of hydrogen-bond acceptors (Lipinski definition) is 4. The monoisotopic (exact) mass is 253 g/mol. The number of pyridine rings is 1. The second-order valence-corrected chi connectivity index (χ2v) is 5.03. The van der Waals surface area contributed by atoms with Crippen LogP contribution >= 0.6 is 11.8 Å². The first-order chi connectivity index (χ1) is 8.17. The van der Waals surface area contributed by atoms with Crippen LogP contribution < -0.4 is 10.6 Å². The summed E-state index contributed by atoms with van der Waals surface area (Å²) >= 11 is 1.89. The van der Waals surface area contributed by atoms with Gasteiger partial charge in [0.25, 0.3) is 5.91 Å². The Morgan fingerprint density at radius 1 is 1.59 bits per heavy atom. The lowest BCUT2D eigenvalue weighted by molar-refractivity contribution is 0.0958. The third-order valence-corrected chi connectivity index (χ3v) is 3.35. The van der Waals surface area contributed by atoms with Crippen LogP contribution in [0.2, 0.25) is 0 Å². The number of amides is 1. The molecule has 0 spiro atoms. The highest BCUT2D eigenvalue weighted by Crippen LogP contribution is 2.11. The minimum absolute atomic E-state index is 0.163. The van der Waals surface area contributed by atoms with E-state index in [0.29, 0.717) is 11.7 Å². The van der Waals surface area contributed by atoms with Gasteiger partial charge < -0.3 is 10.6 Å². The summed E-state index contributed by atoms with van der Waals surface area (Å²) < 4.78 is 0. The molecule has 0 aliphatic carbocycles. The number of nitrogens with zero attached hydrogens (tertiary/aromatic N) is 1. The second-order valence-electron chi connectivity index (χ2n) is 3.71. The molecule has 0 radical (unpaired) electrons. The van der Waals surface area contributed by atoms with Gasteiger partial charge in [0.2, 0.25) is 0 Å². The molecule has 1 heterocycles. The van der Waals surface area contributed by atoms with Gasteiger partial charge >= 0.3 is 0 Å². The summed E-state index contributed by atoms with van der Waals surface area (Å²) in [6.45, 7) is 4.27. The maximum Gasteiger partial charge on any atom is 0.269 e. The Morgan fingerprint density at radius 2 is 2.35 bits per heavy atom. The second kappa shape index (κ2) is 7.17. The van der Waals surface area contributed by atoms with Crippen molar-refractivity contribution in [2.24, 2.45) is 0 Å². The van der Waals surface area contributed by atoms with Gasteiger partial charge in [-0.15, -0.1) is 0 Å². The van der Waals surface area contributed by atoms with Gasteiger partial charge in [-0.1, -0.05) is 6.92 Å². The fraction of sp³-hybridized carbons (Fsp3) is 0.500. The zero-order valence-electron chi connectivity index (χ0n) is 10.5. The van der Waals surface area contributed by atoms with Crippen molar-refractivity contribution in [2.45, 2.75) is 19.9 Å². The van der Waals surface area contributed by atoms with Gasteiger partial charge in [-0.25, -0.2) is 0 Å². The smallest absolute Gasteiger partial charge is 0.269 e. The van der Waals surface area contributed by atoms with Gasteiger partial charge in [-0.2, -0.15) is 11.8 Å². The van der Waals surface area contributed by atoms with Crippen LogP contribution in [0.1, 0.15) is 24.3 Å². The summed E-state index contributed by atoms with van der Waals surface area (Å²) in [5.74, 6) is 2.00. The molecular formula is C12H19N3OS. The number of carbonyl (C=O) groups excluding carboxylic acids is 1. The summed E-state index contributed by atoms with van der Waals surface area (Å²) in [6, 6.07) is 4.02. The predicted molar refractivity (Wildman–Crippen MR) is 73.7 cm³/mol. The first-order valence-electron chi connectivity index (χ1n) is 5.69. The molecule has 0 bridgehead atoms. The fourth-order valence-electron chi connectivity index (χ4n) is 1.39. The summed E-state index contributed by atoms with van der Waals surface area (Å²) in [4.78, 5) is 15.4. The molecule has 17 heavy (non-hydrogen) atoms. The minimum Gasteiger partial charge on any atom is -0.382 e. The third-order valence-electron chi connectivity index (χ3n) is 2.20. The van der Waals surface area contributed by atoms with Crippen LogP contribution in [-0.2, 0) is 0 Å². The van der Waals surface area contributed by atoms with Crippen molar-refractivity contribution >= 4 is 23.4 Å². The van der Waals surface area contributed by atoms with Crippen LogP contribution in [0.3, 0.4) is 0 Å². The maximum atomic E-state index is 11.4. The SMILES string of the molecule is CCSCC(C)Nc1ccnc(C(=O)NC)c1. The largest absolute Gasteiger partial charge is 0.382 e. The Kier molecular flexibility index (Phi) is 5.83. The highest BCUT2D eigenvalue weighted by molar-refractivity contribution is 7.99. The Morgan fingerprint density at radius 3 is 3.00 bits per heavy atom. The van der Waals surface area contributed by atoms with Crippen molar-refractivity contribution in [3.8, 4) is 0 Å². The topological polar surface area (TPSA) is 54.0 Å². The van der Waals surface area contributed by atoms with Crippen LogP contribution in [0.5, 0.6) is 0 Å². The molecule has 1 rings (SSSR count). The summed E-state index contributed by atoms with van der Waals surface area (Å²) in [7, 11) is 1.60. The molecule has 1 unspecified atom stereocenters. The highest BCUT2D eigenvalue weighted by atomic mass is 32.2. The first-order valence-corrected chi connectivity index (χ1v) is 6.85. The summed E-state index contributed by atoms with van der Waals surface area (Å²) in [6.07, 6.45) is 1.65. The van der Waals surface area contributed by atoms with E-state index in [9.17, 15) is 4.79 Å². The van der Waals surface area contributed by atoms with Crippen molar-refractivity contribution in [2.75, 3.05) is 23.9 Å². The number of carbonyl (C=O) groups is 1. The zero-order chi connectivity index (χ0) is 12.7. The summed E-state index contributed by atoms with van der Waals surface area (Å²) in [5, 5.41) is 5.92. The summed E-state index contributed by atoms with van der Waals surface area (Å²) in [5.41, 5.74) is 1.37. The van der Waals surface area contributed by atoms with Crippen LogP contribution in [0.15, 0.2) is 18.3 Å². The van der Waals surface area contributed by atoms with Gasteiger partial charge in [0, 0.05) is 30.7 Å². The Bertz CT molecular complexity index is 371. The van der Waals surface area contributed by atoms with Crippen molar-refractivity contribution in [1.82, 2.24) is 10.3 Å². The normalized spacial score (nSPS) is 11.9. The lowest BCUT2D eigenvalue weighted by atomic mass is 10.2. The minimum atomic E-state index is -0.163. The van der Waals surface area contributed by atoms with E-state index in [1.54, 1.807) is 19.3 Å². The molecule has 1 aromatic heterocycles. The number of nitrogens with one attached hydrogen (secondary N) is 2. The molecule has 2 N–H and O–H groups in total. The van der Waals surface area contributed by atoms with E-state index in [-0.39, 0.29) is 5.91 Å². The van der Waals surface area contributed by atoms with Crippen LogP contribution in [0, 0.1) is 0 Å². The molecule has 1 aromatic rings. The quantitative estimate of drug-likeness (QED) is 0.814. The van der Waals surface area contributed by atoms with E-state index in [4.69, 9.17) is 0 Å². The van der Waals surface area contributed by atoms with Gasteiger partial charge in [-0.05, 0) is 24.8 Å². The Labute approximate surface area is 107 Å². The van der Waals surface area contributed by atoms with Gasteiger partial charge in [0.05, 0.1) is 0 Å². The predicted octanol–water partition coefficient (Wildman–Crippen LogP) is 1.99. The van der Waals surface area contributed by atoms with E-state index in [1.807, 2.05) is 17.8 Å². The van der Waals surface area contributed by atoms with Gasteiger partial charge in [-0.3, -0.25) is 9.78 Å². The van der Waals surface area contributed by atoms with Crippen LogP contribution in [0.25, 0.3) is 0 Å². The van der Waals surface area contributed by atoms with Gasteiger partial charge in [0.1, 0.15) is 5.69 Å². The van der Waals surface area contributed by atoms with E-state index >= 15 is 0 Å². The lowest BCUT2D eigenvalue weighted by Crippen LogP contribution is -2.21. The third kappa shape index (κ3) is 4.65. The molecule has 0 aliphatic rings. The van der Waals surface area contributed by atoms with E-state index < -0.39 is 0 Å². The number of rotatable bonds is 6. The molecular weight excluding hydrogens is 234 g/mol. The van der Waals surface area contributed by atoms with Crippen LogP contribution in [-0.4, -0.2) is 35.5 Å². The molecule has 1 amide bonds. The first kappa shape index (κ1) is 13.8. The average molecular weight is 253 g/mol. The average Bonchev–Trinajstić information content (AvgIpc) is 2.35. The van der Waals surface area contributed by atoms with E-state index in [1.165, 1.54) is 0 Å². The maximum absolute atomic E-state index is 11.4. The number of aromatic nitrogens is 1. The molecule has 4 nitrogen and oxygen atoms in total. The zero-order valence-corrected chi connectivity index (χ0v) is 11.3. The molecule has 5 heteroatoms. The number of hydrogen-bond donors (Lipinski definition) is 2. The standard InChI is InChI=1S/C12H19N3OS/c1-4-17-8-9(2)15-10-5-6-14-11(7-10)12(16)13-3/h5-7,9H,4,8H2,1-3H3,(H,13,16)(H,14,15). The molecule has 0 fully saturated rings. The lowest BCUT2D eigenvalue weighted by Gasteiger charge is -2.14. The molecule has 0 saturated carbocycles. The molecule has 0 aromatic carbocycles. The fourth-order valence-corrected chi connectivity index (χ4v) is 2.07.